The van der Waals surface area contributed by atoms with E-state index in [0.29, 0.717) is 30.6 Å². The van der Waals surface area contributed by atoms with Crippen LogP contribution < -0.4 is 5.43 Å². The molecule has 0 aliphatic carbocycles. The Balaban J connectivity index is 2.63. The largest absolute Gasteiger partial charge is 0.480 e. The van der Waals surface area contributed by atoms with Gasteiger partial charge in [-0.3, -0.25) is 0 Å². The SMILES string of the molecule is CCOC(=O)NN=C(Cc1ccc(Cl)cc1)OCC. The molecule has 0 aliphatic heterocycles. The van der Waals surface area contributed by atoms with Gasteiger partial charge >= 0.3 is 6.09 Å². The van der Waals surface area contributed by atoms with Gasteiger partial charge in [0.2, 0.25) is 5.90 Å². The minimum atomic E-state index is -0.601. The van der Waals surface area contributed by atoms with E-state index in [-0.39, 0.29) is 0 Å². The van der Waals surface area contributed by atoms with Crippen molar-refractivity contribution in [2.75, 3.05) is 13.2 Å². The molecule has 0 aliphatic rings. The second kappa shape index (κ2) is 8.37. The molecule has 0 heterocycles. The van der Waals surface area contributed by atoms with Gasteiger partial charge in [0.15, 0.2) is 0 Å². The van der Waals surface area contributed by atoms with Crippen molar-refractivity contribution >= 4 is 23.6 Å². The van der Waals surface area contributed by atoms with Crippen molar-refractivity contribution in [3.8, 4) is 0 Å². The van der Waals surface area contributed by atoms with Crippen molar-refractivity contribution in [2.24, 2.45) is 5.10 Å². The highest BCUT2D eigenvalue weighted by Crippen LogP contribution is 2.10. The molecule has 1 rings (SSSR count). The second-order valence-electron chi connectivity index (χ2n) is 3.57. The Morgan fingerprint density at radius 2 is 1.84 bits per heavy atom. The van der Waals surface area contributed by atoms with E-state index < -0.39 is 6.09 Å². The number of carbonyl (C=O) groups is 1. The lowest BCUT2D eigenvalue weighted by atomic mass is 10.1. The lowest BCUT2D eigenvalue weighted by Gasteiger charge is -2.08. The number of ether oxygens (including phenoxy) is 2. The van der Waals surface area contributed by atoms with Crippen LogP contribution in [0.2, 0.25) is 5.02 Å². The van der Waals surface area contributed by atoms with Crippen LogP contribution in [-0.4, -0.2) is 25.2 Å². The fourth-order valence-corrected chi connectivity index (χ4v) is 1.46. The van der Waals surface area contributed by atoms with E-state index in [1.165, 1.54) is 0 Å². The summed E-state index contributed by atoms with van der Waals surface area (Å²) in [6.45, 7) is 4.33. The molecule has 0 saturated carbocycles. The highest BCUT2D eigenvalue weighted by atomic mass is 35.5. The van der Waals surface area contributed by atoms with Crippen LogP contribution in [0, 0.1) is 0 Å². The van der Waals surface area contributed by atoms with Crippen molar-refractivity contribution in [2.45, 2.75) is 20.3 Å². The number of hydrogen-bond donors (Lipinski definition) is 1. The summed E-state index contributed by atoms with van der Waals surface area (Å²) in [5.74, 6) is 0.415. The van der Waals surface area contributed by atoms with E-state index >= 15 is 0 Å². The van der Waals surface area contributed by atoms with Crippen LogP contribution in [0.25, 0.3) is 0 Å². The molecule has 0 spiro atoms. The van der Waals surface area contributed by atoms with Crippen molar-refractivity contribution in [1.29, 1.82) is 0 Å². The number of rotatable bonds is 5. The van der Waals surface area contributed by atoms with Gasteiger partial charge in [-0.1, -0.05) is 23.7 Å². The highest BCUT2D eigenvalue weighted by molar-refractivity contribution is 6.30. The lowest BCUT2D eigenvalue weighted by Crippen LogP contribution is -2.22. The van der Waals surface area contributed by atoms with Crippen LogP contribution in [0.3, 0.4) is 0 Å². The molecule has 1 aromatic carbocycles. The first kappa shape index (κ1) is 15.3. The fraction of sp³-hybridized carbons (Fsp3) is 0.385. The number of benzene rings is 1. The molecule has 1 N–H and O–H groups in total. The predicted octanol–water partition coefficient (Wildman–Crippen LogP) is 2.98. The number of amides is 1. The Labute approximate surface area is 117 Å². The maximum absolute atomic E-state index is 11.1. The molecule has 5 nitrogen and oxygen atoms in total. The number of halogens is 1. The quantitative estimate of drug-likeness (QED) is 0.514. The average Bonchev–Trinajstić information content (AvgIpc) is 2.39. The first-order valence-corrected chi connectivity index (χ1v) is 6.40. The first-order valence-electron chi connectivity index (χ1n) is 6.02. The molecule has 19 heavy (non-hydrogen) atoms. The third kappa shape index (κ3) is 6.10. The number of carbonyl (C=O) groups excluding carboxylic acids is 1. The van der Waals surface area contributed by atoms with Crippen molar-refractivity contribution in [3.63, 3.8) is 0 Å². The minimum Gasteiger partial charge on any atom is -0.480 e. The monoisotopic (exact) mass is 284 g/mol. The zero-order valence-corrected chi connectivity index (χ0v) is 11.7. The van der Waals surface area contributed by atoms with Crippen molar-refractivity contribution < 1.29 is 14.3 Å². The summed E-state index contributed by atoms with van der Waals surface area (Å²) in [5, 5.41) is 4.56. The van der Waals surface area contributed by atoms with Crippen LogP contribution in [0.5, 0.6) is 0 Å². The summed E-state index contributed by atoms with van der Waals surface area (Å²) in [7, 11) is 0. The molecular formula is C13H17ClN2O3. The van der Waals surface area contributed by atoms with Gasteiger partial charge in [0.25, 0.3) is 0 Å². The molecular weight excluding hydrogens is 268 g/mol. The normalized spacial score (nSPS) is 11.0. The van der Waals surface area contributed by atoms with E-state index in [9.17, 15) is 4.79 Å². The van der Waals surface area contributed by atoms with Crippen molar-refractivity contribution in [3.05, 3.63) is 34.9 Å². The van der Waals surface area contributed by atoms with Gasteiger partial charge in [-0.15, -0.1) is 5.10 Å². The Morgan fingerprint density at radius 1 is 1.21 bits per heavy atom. The summed E-state index contributed by atoms with van der Waals surface area (Å²) >= 11 is 5.81. The van der Waals surface area contributed by atoms with Gasteiger partial charge in [-0.2, -0.15) is 0 Å². The zero-order chi connectivity index (χ0) is 14.1. The van der Waals surface area contributed by atoms with Gasteiger partial charge in [0, 0.05) is 5.02 Å². The zero-order valence-electron chi connectivity index (χ0n) is 11.0. The molecule has 0 fully saturated rings. The Bertz CT molecular complexity index is 432. The van der Waals surface area contributed by atoms with Crippen LogP contribution in [0.4, 0.5) is 4.79 Å². The number of nitrogens with zero attached hydrogens (tertiary/aromatic N) is 1. The summed E-state index contributed by atoms with van der Waals surface area (Å²) in [6, 6.07) is 7.33. The van der Waals surface area contributed by atoms with Gasteiger partial charge in [0.05, 0.1) is 19.6 Å². The van der Waals surface area contributed by atoms with E-state index in [1.807, 2.05) is 19.1 Å². The molecule has 1 aromatic rings. The molecule has 0 bridgehead atoms. The Kier molecular flexibility index (Phi) is 6.74. The van der Waals surface area contributed by atoms with E-state index in [1.54, 1.807) is 19.1 Å². The summed E-state index contributed by atoms with van der Waals surface area (Å²) < 4.78 is 10.1. The van der Waals surface area contributed by atoms with E-state index in [2.05, 4.69) is 10.5 Å². The van der Waals surface area contributed by atoms with E-state index in [0.717, 1.165) is 5.56 Å². The molecule has 104 valence electrons. The molecule has 0 atom stereocenters. The van der Waals surface area contributed by atoms with Gasteiger partial charge < -0.3 is 9.47 Å². The molecule has 1 amide bonds. The summed E-state index contributed by atoms with van der Waals surface area (Å²) in [5.41, 5.74) is 3.26. The smallest absolute Gasteiger partial charge is 0.427 e. The first-order chi connectivity index (χ1) is 9.15. The van der Waals surface area contributed by atoms with E-state index in [4.69, 9.17) is 21.1 Å². The maximum atomic E-state index is 11.1. The number of hydrazone groups is 1. The number of nitrogens with one attached hydrogen (secondary N) is 1. The van der Waals surface area contributed by atoms with Gasteiger partial charge in [0.1, 0.15) is 0 Å². The second-order valence-corrected chi connectivity index (χ2v) is 4.01. The lowest BCUT2D eigenvalue weighted by molar-refractivity contribution is 0.152. The predicted molar refractivity (Wildman–Crippen MR) is 74.4 cm³/mol. The topological polar surface area (TPSA) is 59.9 Å². The molecule has 0 aromatic heterocycles. The van der Waals surface area contributed by atoms with Crippen LogP contribution in [-0.2, 0) is 15.9 Å². The minimum absolute atomic E-state index is 0.294. The van der Waals surface area contributed by atoms with Crippen LogP contribution >= 0.6 is 11.6 Å². The fourth-order valence-electron chi connectivity index (χ4n) is 1.34. The average molecular weight is 285 g/mol. The standard InChI is InChI=1S/C13H17ClN2O3/c1-3-18-12(15-16-13(17)19-4-2)9-10-5-7-11(14)8-6-10/h5-8H,3-4,9H2,1-2H3,(H,16,17). The third-order valence-electron chi connectivity index (χ3n) is 2.13. The molecule has 0 radical (unpaired) electrons. The van der Waals surface area contributed by atoms with Crippen molar-refractivity contribution in [1.82, 2.24) is 5.43 Å². The Morgan fingerprint density at radius 3 is 2.42 bits per heavy atom. The molecule has 0 saturated heterocycles. The molecule has 0 unspecified atom stereocenters. The van der Waals surface area contributed by atoms with Crippen LogP contribution in [0.1, 0.15) is 19.4 Å². The Hall–Kier alpha value is -1.75. The molecule has 6 heteroatoms. The third-order valence-corrected chi connectivity index (χ3v) is 2.38. The highest BCUT2D eigenvalue weighted by Gasteiger charge is 2.05. The van der Waals surface area contributed by atoms with Crippen LogP contribution in [0.15, 0.2) is 29.4 Å². The van der Waals surface area contributed by atoms with Gasteiger partial charge in [-0.25, -0.2) is 10.2 Å². The maximum Gasteiger partial charge on any atom is 0.427 e. The summed E-state index contributed by atoms with van der Waals surface area (Å²) in [6.07, 6.45) is -0.131. The number of hydrogen-bond acceptors (Lipinski definition) is 4. The van der Waals surface area contributed by atoms with Gasteiger partial charge in [-0.05, 0) is 31.5 Å². The summed E-state index contributed by atoms with van der Waals surface area (Å²) in [4.78, 5) is 11.1.